The molecule has 2 amide bonds. The maximum absolute atomic E-state index is 14.1. The standard InChI is InChI=1S/C31H31N5O5S/c1-40-25-15-26-23(14-22(25)20-13-21(37)17-32-16-20)29-24(18-41-26)28(33-36(29)27-7-3-12-42-27)31(39)35-9-4-8-34(10-11-35)30(38)19-5-2-6-19/h3,7,12-17,19,37H,2,4-6,8-11,18H2,1H3. The summed E-state index contributed by atoms with van der Waals surface area (Å²) in [5.74, 6) is 1.47. The van der Waals surface area contributed by atoms with Crippen molar-refractivity contribution in [3.8, 4) is 44.6 Å². The van der Waals surface area contributed by atoms with Crippen LogP contribution in [0.3, 0.4) is 0 Å². The van der Waals surface area contributed by atoms with Crippen LogP contribution in [0.5, 0.6) is 17.2 Å². The van der Waals surface area contributed by atoms with Gasteiger partial charge < -0.3 is 24.4 Å². The normalized spacial score (nSPS) is 16.6. The van der Waals surface area contributed by atoms with Gasteiger partial charge in [-0.2, -0.15) is 5.10 Å². The molecule has 216 valence electrons. The topological polar surface area (TPSA) is 110 Å². The number of ether oxygens (including phenoxy) is 2. The second kappa shape index (κ2) is 10.8. The molecule has 0 spiro atoms. The SMILES string of the molecule is COc1cc2c(cc1-c1cncc(O)c1)-c1c(c(C(=O)N3CCCN(C(=O)C4CCC4)CC3)nn1-c1cccs1)CO2. The number of amides is 2. The molecule has 1 N–H and O–H groups in total. The first-order valence-corrected chi connectivity index (χ1v) is 15.1. The Morgan fingerprint density at radius 1 is 1.05 bits per heavy atom. The van der Waals surface area contributed by atoms with E-state index < -0.39 is 0 Å². The highest BCUT2D eigenvalue weighted by Crippen LogP contribution is 2.46. The summed E-state index contributed by atoms with van der Waals surface area (Å²) in [6.07, 6.45) is 6.85. The van der Waals surface area contributed by atoms with Crippen LogP contribution in [0.15, 0.2) is 48.1 Å². The van der Waals surface area contributed by atoms with E-state index in [1.165, 1.54) is 17.5 Å². The summed E-state index contributed by atoms with van der Waals surface area (Å²) in [5.41, 5.74) is 4.05. The molecule has 0 bridgehead atoms. The fourth-order valence-electron chi connectivity index (χ4n) is 5.97. The van der Waals surface area contributed by atoms with Gasteiger partial charge in [0.1, 0.15) is 28.9 Å². The number of aromatic hydroxyl groups is 1. The quantitative estimate of drug-likeness (QED) is 0.360. The molecule has 1 saturated heterocycles. The number of hydrogen-bond donors (Lipinski definition) is 1. The van der Waals surface area contributed by atoms with Crippen LogP contribution in [0, 0.1) is 5.92 Å². The number of nitrogens with zero attached hydrogens (tertiary/aromatic N) is 5. The predicted octanol–water partition coefficient (Wildman–Crippen LogP) is 4.74. The number of aromatic nitrogens is 3. The Balaban J connectivity index is 1.28. The van der Waals surface area contributed by atoms with Gasteiger partial charge in [-0.3, -0.25) is 14.6 Å². The summed E-state index contributed by atoms with van der Waals surface area (Å²) in [7, 11) is 1.59. The lowest BCUT2D eigenvalue weighted by Crippen LogP contribution is -2.41. The molecule has 5 heterocycles. The molecule has 1 aliphatic carbocycles. The van der Waals surface area contributed by atoms with E-state index in [1.807, 2.05) is 44.1 Å². The highest BCUT2D eigenvalue weighted by atomic mass is 32.1. The van der Waals surface area contributed by atoms with E-state index >= 15 is 0 Å². The molecule has 1 saturated carbocycles. The third kappa shape index (κ3) is 4.57. The van der Waals surface area contributed by atoms with E-state index in [2.05, 4.69) is 4.98 Å². The van der Waals surface area contributed by atoms with Crippen molar-refractivity contribution in [2.24, 2.45) is 5.92 Å². The van der Waals surface area contributed by atoms with Gasteiger partial charge in [0, 0.05) is 66.6 Å². The summed E-state index contributed by atoms with van der Waals surface area (Å²) in [5, 5.41) is 17.8. The molecule has 1 aromatic carbocycles. The first-order chi connectivity index (χ1) is 20.5. The van der Waals surface area contributed by atoms with Crippen molar-refractivity contribution in [3.05, 3.63) is 59.4 Å². The van der Waals surface area contributed by atoms with E-state index in [9.17, 15) is 14.7 Å². The van der Waals surface area contributed by atoms with Crippen molar-refractivity contribution in [2.45, 2.75) is 32.3 Å². The Kier molecular flexibility index (Phi) is 6.81. The van der Waals surface area contributed by atoms with Crippen LogP contribution >= 0.6 is 11.3 Å². The highest BCUT2D eigenvalue weighted by Gasteiger charge is 2.35. The van der Waals surface area contributed by atoms with Gasteiger partial charge in [0.25, 0.3) is 5.91 Å². The maximum atomic E-state index is 14.1. The molecule has 4 aromatic rings. The molecule has 3 aliphatic rings. The lowest BCUT2D eigenvalue weighted by Gasteiger charge is -2.31. The zero-order valence-corrected chi connectivity index (χ0v) is 24.1. The lowest BCUT2D eigenvalue weighted by atomic mass is 9.84. The Hall–Kier alpha value is -4.38. The van der Waals surface area contributed by atoms with E-state index in [0.717, 1.165) is 53.1 Å². The molecule has 10 nitrogen and oxygen atoms in total. The molecule has 0 unspecified atom stereocenters. The number of carbonyl (C=O) groups excluding carboxylic acids is 2. The number of benzene rings is 1. The molecule has 2 fully saturated rings. The molecule has 42 heavy (non-hydrogen) atoms. The smallest absolute Gasteiger partial charge is 0.274 e. The van der Waals surface area contributed by atoms with Crippen molar-refractivity contribution in [2.75, 3.05) is 33.3 Å². The van der Waals surface area contributed by atoms with Crippen LogP contribution in [0.4, 0.5) is 0 Å². The van der Waals surface area contributed by atoms with Gasteiger partial charge >= 0.3 is 0 Å². The average Bonchev–Trinajstić information content (AvgIpc) is 3.57. The van der Waals surface area contributed by atoms with Crippen molar-refractivity contribution in [1.29, 1.82) is 0 Å². The largest absolute Gasteiger partial charge is 0.506 e. The van der Waals surface area contributed by atoms with Crippen LogP contribution in [0.25, 0.3) is 27.4 Å². The third-order valence-corrected chi connectivity index (χ3v) is 9.26. The van der Waals surface area contributed by atoms with Crippen molar-refractivity contribution in [3.63, 3.8) is 0 Å². The third-order valence-electron chi connectivity index (χ3n) is 8.41. The fourth-order valence-corrected chi connectivity index (χ4v) is 6.66. The van der Waals surface area contributed by atoms with E-state index in [0.29, 0.717) is 48.9 Å². The molecular weight excluding hydrogens is 554 g/mol. The first kappa shape index (κ1) is 26.5. The number of hydrogen-bond acceptors (Lipinski definition) is 8. The van der Waals surface area contributed by atoms with E-state index in [4.69, 9.17) is 14.6 Å². The van der Waals surface area contributed by atoms with Gasteiger partial charge in [-0.15, -0.1) is 11.3 Å². The molecular formula is C31H31N5O5S. The van der Waals surface area contributed by atoms with Gasteiger partial charge in [-0.05, 0) is 48.9 Å². The zero-order chi connectivity index (χ0) is 28.8. The number of methoxy groups -OCH3 is 1. The first-order valence-electron chi connectivity index (χ1n) is 14.2. The number of fused-ring (bicyclic) bond motifs is 3. The van der Waals surface area contributed by atoms with Gasteiger partial charge in [-0.1, -0.05) is 6.42 Å². The van der Waals surface area contributed by atoms with Gasteiger partial charge in [-0.25, -0.2) is 4.68 Å². The Labute approximate surface area is 247 Å². The molecule has 0 radical (unpaired) electrons. The fraction of sp³-hybridized carbons (Fsp3) is 0.355. The predicted molar refractivity (Wildman–Crippen MR) is 157 cm³/mol. The van der Waals surface area contributed by atoms with Crippen LogP contribution in [-0.2, 0) is 11.4 Å². The summed E-state index contributed by atoms with van der Waals surface area (Å²) < 4.78 is 13.7. The van der Waals surface area contributed by atoms with Gasteiger partial charge in [0.15, 0.2) is 5.69 Å². The number of carbonyl (C=O) groups is 2. The lowest BCUT2D eigenvalue weighted by molar-refractivity contribution is -0.138. The van der Waals surface area contributed by atoms with Crippen molar-refractivity contribution < 1.29 is 24.2 Å². The summed E-state index contributed by atoms with van der Waals surface area (Å²) in [6.45, 7) is 2.44. The number of pyridine rings is 1. The van der Waals surface area contributed by atoms with Gasteiger partial charge in [0.2, 0.25) is 5.91 Å². The second-order valence-electron chi connectivity index (χ2n) is 10.9. The minimum absolute atomic E-state index is 0.0473. The highest BCUT2D eigenvalue weighted by molar-refractivity contribution is 7.12. The zero-order valence-electron chi connectivity index (χ0n) is 23.3. The van der Waals surface area contributed by atoms with Crippen molar-refractivity contribution >= 4 is 23.2 Å². The molecule has 2 aliphatic heterocycles. The molecule has 7 rings (SSSR count). The van der Waals surface area contributed by atoms with Crippen LogP contribution in [0.2, 0.25) is 0 Å². The summed E-state index contributed by atoms with van der Waals surface area (Å²) >= 11 is 1.53. The average molecular weight is 586 g/mol. The minimum Gasteiger partial charge on any atom is -0.506 e. The summed E-state index contributed by atoms with van der Waals surface area (Å²) in [6, 6.07) is 9.33. The van der Waals surface area contributed by atoms with Crippen LogP contribution in [0.1, 0.15) is 41.7 Å². The van der Waals surface area contributed by atoms with E-state index in [1.54, 1.807) is 19.4 Å². The number of rotatable bonds is 5. The Morgan fingerprint density at radius 2 is 1.88 bits per heavy atom. The minimum atomic E-state index is -0.155. The number of thiophene rings is 1. The second-order valence-corrected chi connectivity index (χ2v) is 11.8. The molecule has 3 aromatic heterocycles. The molecule has 11 heteroatoms. The Morgan fingerprint density at radius 3 is 2.62 bits per heavy atom. The Bertz CT molecular complexity index is 1660. The summed E-state index contributed by atoms with van der Waals surface area (Å²) in [4.78, 5) is 34.8. The van der Waals surface area contributed by atoms with Crippen LogP contribution < -0.4 is 9.47 Å². The molecule has 0 atom stereocenters. The van der Waals surface area contributed by atoms with Gasteiger partial charge in [0.05, 0.1) is 19.0 Å². The van der Waals surface area contributed by atoms with Crippen molar-refractivity contribution in [1.82, 2.24) is 24.6 Å². The maximum Gasteiger partial charge on any atom is 0.274 e. The van der Waals surface area contributed by atoms with Crippen LogP contribution in [-0.4, -0.2) is 74.8 Å². The van der Waals surface area contributed by atoms with E-state index in [-0.39, 0.29) is 30.1 Å². The monoisotopic (exact) mass is 585 g/mol.